The van der Waals surface area contributed by atoms with Gasteiger partial charge in [-0.05, 0) is 6.42 Å². The van der Waals surface area contributed by atoms with Crippen molar-refractivity contribution in [2.24, 2.45) is 5.73 Å². The second-order valence-electron chi connectivity index (χ2n) is 2.44. The van der Waals surface area contributed by atoms with E-state index < -0.39 is 12.0 Å². The van der Waals surface area contributed by atoms with Crippen LogP contribution in [-0.4, -0.2) is 17.1 Å². The van der Waals surface area contributed by atoms with Crippen LogP contribution in [0.4, 0.5) is 0 Å². The third-order valence-corrected chi connectivity index (χ3v) is 1.44. The molecule has 0 rings (SSSR count). The zero-order chi connectivity index (χ0) is 7.98. The third kappa shape index (κ3) is 4.32. The van der Waals surface area contributed by atoms with Gasteiger partial charge in [-0.25, -0.2) is 0 Å². The van der Waals surface area contributed by atoms with E-state index in [4.69, 9.17) is 10.8 Å². The molecule has 0 saturated heterocycles. The van der Waals surface area contributed by atoms with E-state index in [2.05, 4.69) is 6.92 Å². The van der Waals surface area contributed by atoms with Gasteiger partial charge in [0.2, 0.25) is 0 Å². The van der Waals surface area contributed by atoms with Crippen LogP contribution in [0.2, 0.25) is 0 Å². The number of carbonyl (C=O) groups is 1. The second kappa shape index (κ2) is 5.23. The minimum absolute atomic E-state index is 0.600. The topological polar surface area (TPSA) is 63.3 Å². The molecular weight excluding hydrogens is 130 g/mol. The summed E-state index contributed by atoms with van der Waals surface area (Å²) in [6, 6.07) is -0.661. The molecule has 0 aliphatic rings. The molecule has 0 saturated carbocycles. The van der Waals surface area contributed by atoms with Crippen molar-refractivity contribution in [1.82, 2.24) is 0 Å². The molecule has 3 N–H and O–H groups in total. The van der Waals surface area contributed by atoms with Gasteiger partial charge in [0.1, 0.15) is 6.04 Å². The molecule has 0 aliphatic carbocycles. The van der Waals surface area contributed by atoms with E-state index in [9.17, 15) is 4.79 Å². The molecule has 0 amide bonds. The quantitative estimate of drug-likeness (QED) is 0.567. The Balaban J connectivity index is 3.21. The summed E-state index contributed by atoms with van der Waals surface area (Å²) in [6.07, 6.45) is 3.69. The maximum absolute atomic E-state index is 10.2. The highest BCUT2D eigenvalue weighted by Crippen LogP contribution is 2.01. The number of rotatable bonds is 5. The number of carboxylic acid groups (broad SMARTS) is 1. The molecule has 0 aromatic heterocycles. The Morgan fingerprint density at radius 3 is 2.60 bits per heavy atom. The molecule has 0 aromatic rings. The van der Waals surface area contributed by atoms with Gasteiger partial charge >= 0.3 is 5.97 Å². The number of unbranched alkanes of at least 4 members (excludes halogenated alkanes) is 2. The Labute approximate surface area is 61.2 Å². The van der Waals surface area contributed by atoms with E-state index in [-0.39, 0.29) is 0 Å². The van der Waals surface area contributed by atoms with Gasteiger partial charge in [-0.3, -0.25) is 4.79 Å². The number of aliphatic carboxylic acids is 1. The summed E-state index contributed by atoms with van der Waals surface area (Å²) in [5.74, 6) is -0.892. The van der Waals surface area contributed by atoms with Crippen LogP contribution in [0.15, 0.2) is 0 Å². The first-order valence-corrected chi connectivity index (χ1v) is 3.67. The van der Waals surface area contributed by atoms with E-state index in [1.54, 1.807) is 0 Å². The molecule has 0 aliphatic heterocycles. The molecule has 0 bridgehead atoms. The summed E-state index contributed by atoms with van der Waals surface area (Å²) in [4.78, 5) is 10.2. The fourth-order valence-corrected chi connectivity index (χ4v) is 0.738. The third-order valence-electron chi connectivity index (χ3n) is 1.44. The van der Waals surface area contributed by atoms with Gasteiger partial charge in [0.05, 0.1) is 0 Å². The zero-order valence-corrected chi connectivity index (χ0v) is 6.34. The molecule has 0 fully saturated rings. The lowest BCUT2D eigenvalue weighted by atomic mass is 10.1. The van der Waals surface area contributed by atoms with Gasteiger partial charge in [-0.15, -0.1) is 0 Å². The van der Waals surface area contributed by atoms with Gasteiger partial charge in [-0.1, -0.05) is 26.2 Å². The molecule has 0 radical (unpaired) electrons. The Hall–Kier alpha value is -0.570. The average Bonchev–Trinajstić information content (AvgIpc) is 1.88. The highest BCUT2D eigenvalue weighted by Gasteiger charge is 2.09. The molecule has 3 nitrogen and oxygen atoms in total. The fourth-order valence-electron chi connectivity index (χ4n) is 0.738. The highest BCUT2D eigenvalue weighted by molar-refractivity contribution is 5.72. The largest absolute Gasteiger partial charge is 0.480 e. The maximum atomic E-state index is 10.2. The number of hydrogen-bond acceptors (Lipinski definition) is 2. The second-order valence-corrected chi connectivity index (χ2v) is 2.44. The lowest BCUT2D eigenvalue weighted by Crippen LogP contribution is -2.29. The Morgan fingerprint density at radius 2 is 2.20 bits per heavy atom. The van der Waals surface area contributed by atoms with Crippen LogP contribution in [-0.2, 0) is 4.79 Å². The van der Waals surface area contributed by atoms with Crippen molar-refractivity contribution in [2.45, 2.75) is 38.6 Å². The van der Waals surface area contributed by atoms with Crippen LogP contribution in [0.1, 0.15) is 32.6 Å². The molecule has 10 heavy (non-hydrogen) atoms. The maximum Gasteiger partial charge on any atom is 0.320 e. The minimum atomic E-state index is -0.892. The lowest BCUT2D eigenvalue weighted by molar-refractivity contribution is -0.138. The van der Waals surface area contributed by atoms with Crippen molar-refractivity contribution in [3.63, 3.8) is 0 Å². The Morgan fingerprint density at radius 1 is 1.60 bits per heavy atom. The molecule has 0 spiro atoms. The van der Waals surface area contributed by atoms with E-state index in [1.165, 1.54) is 0 Å². The van der Waals surface area contributed by atoms with E-state index in [0.29, 0.717) is 6.42 Å². The molecule has 60 valence electrons. The summed E-state index contributed by atoms with van der Waals surface area (Å²) >= 11 is 0. The fraction of sp³-hybridized carbons (Fsp3) is 0.857. The Bertz CT molecular complexity index is 104. The van der Waals surface area contributed by atoms with E-state index in [0.717, 1.165) is 19.3 Å². The van der Waals surface area contributed by atoms with Crippen molar-refractivity contribution >= 4 is 5.97 Å². The molecule has 0 aromatic carbocycles. The number of hydrogen-bond donors (Lipinski definition) is 2. The van der Waals surface area contributed by atoms with Crippen LogP contribution < -0.4 is 5.73 Å². The van der Waals surface area contributed by atoms with Crippen LogP contribution in [0, 0.1) is 0 Å². The summed E-state index contributed by atoms with van der Waals surface area (Å²) in [5.41, 5.74) is 5.26. The molecule has 1 atom stereocenters. The SMILES string of the molecule is CCCCC[C@@H](N)C(=O)O. The van der Waals surface area contributed by atoms with Gasteiger partial charge in [-0.2, -0.15) is 0 Å². The lowest BCUT2D eigenvalue weighted by Gasteiger charge is -2.03. The highest BCUT2D eigenvalue weighted by atomic mass is 16.4. The normalized spacial score (nSPS) is 13.0. The summed E-state index contributed by atoms with van der Waals surface area (Å²) in [5, 5.41) is 8.36. The Kier molecular flexibility index (Phi) is 4.94. The first kappa shape index (κ1) is 9.43. The summed E-state index contributed by atoms with van der Waals surface area (Å²) in [7, 11) is 0. The standard InChI is InChI=1S/C7H15NO2/c1-2-3-4-5-6(8)7(9)10/h6H,2-5,8H2,1H3,(H,9,10)/t6-/m1/s1. The molecule has 0 heterocycles. The average molecular weight is 145 g/mol. The number of nitrogens with two attached hydrogens (primary N) is 1. The van der Waals surface area contributed by atoms with E-state index in [1.807, 2.05) is 0 Å². The summed E-state index contributed by atoms with van der Waals surface area (Å²) < 4.78 is 0. The summed E-state index contributed by atoms with van der Waals surface area (Å²) in [6.45, 7) is 2.08. The smallest absolute Gasteiger partial charge is 0.320 e. The van der Waals surface area contributed by atoms with Crippen LogP contribution in [0.5, 0.6) is 0 Å². The minimum Gasteiger partial charge on any atom is -0.480 e. The first-order valence-electron chi connectivity index (χ1n) is 3.67. The molecule has 3 heteroatoms. The van der Waals surface area contributed by atoms with Crippen molar-refractivity contribution in [2.75, 3.05) is 0 Å². The predicted molar refractivity (Wildman–Crippen MR) is 39.8 cm³/mol. The van der Waals surface area contributed by atoms with Gasteiger partial charge in [0.25, 0.3) is 0 Å². The predicted octanol–water partition coefficient (Wildman–Crippen LogP) is 0.979. The van der Waals surface area contributed by atoms with Crippen molar-refractivity contribution in [3.8, 4) is 0 Å². The van der Waals surface area contributed by atoms with Gasteiger partial charge < -0.3 is 10.8 Å². The van der Waals surface area contributed by atoms with Crippen molar-refractivity contribution in [1.29, 1.82) is 0 Å². The molecular formula is C7H15NO2. The monoisotopic (exact) mass is 145 g/mol. The van der Waals surface area contributed by atoms with Gasteiger partial charge in [0.15, 0.2) is 0 Å². The van der Waals surface area contributed by atoms with Crippen molar-refractivity contribution in [3.05, 3.63) is 0 Å². The van der Waals surface area contributed by atoms with Crippen molar-refractivity contribution < 1.29 is 9.90 Å². The molecule has 0 unspecified atom stereocenters. The van der Waals surface area contributed by atoms with E-state index >= 15 is 0 Å². The first-order chi connectivity index (χ1) is 4.68. The van der Waals surface area contributed by atoms with Crippen LogP contribution >= 0.6 is 0 Å². The van der Waals surface area contributed by atoms with Crippen LogP contribution in [0.3, 0.4) is 0 Å². The van der Waals surface area contributed by atoms with Gasteiger partial charge in [0, 0.05) is 0 Å². The zero-order valence-electron chi connectivity index (χ0n) is 6.34. The number of carboxylic acids is 1. The van der Waals surface area contributed by atoms with Crippen LogP contribution in [0.25, 0.3) is 0 Å².